The Kier molecular flexibility index (Phi) is 8.87. The Labute approximate surface area is 202 Å². The summed E-state index contributed by atoms with van der Waals surface area (Å²) in [5.41, 5.74) is 1.83. The minimum atomic E-state index is -0.0935. The second-order valence-corrected chi connectivity index (χ2v) is 10.8. The van der Waals surface area contributed by atoms with Gasteiger partial charge in [0.2, 0.25) is 0 Å². The average Bonchev–Trinajstić information content (AvgIpc) is 3.29. The van der Waals surface area contributed by atoms with Gasteiger partial charge in [-0.05, 0) is 55.3 Å². The second kappa shape index (κ2) is 10.8. The lowest BCUT2D eigenvalue weighted by molar-refractivity contribution is 0.332. The van der Waals surface area contributed by atoms with Gasteiger partial charge in [-0.25, -0.2) is 0 Å². The number of rotatable bonds is 12. The molecule has 0 bridgehead atoms. The van der Waals surface area contributed by atoms with Crippen molar-refractivity contribution in [3.8, 4) is 11.5 Å². The third-order valence-corrected chi connectivity index (χ3v) is 6.84. The molecule has 0 aliphatic carbocycles. The van der Waals surface area contributed by atoms with Crippen LogP contribution in [0.5, 0.6) is 11.5 Å². The van der Waals surface area contributed by atoms with Crippen molar-refractivity contribution < 1.29 is 10.2 Å². The van der Waals surface area contributed by atoms with Gasteiger partial charge in [0.15, 0.2) is 26.1 Å². The van der Waals surface area contributed by atoms with E-state index in [9.17, 15) is 10.2 Å². The van der Waals surface area contributed by atoms with Gasteiger partial charge in [0.05, 0.1) is 0 Å². The zero-order valence-electron chi connectivity index (χ0n) is 21.2. The van der Waals surface area contributed by atoms with Gasteiger partial charge in [-0.2, -0.15) is 0 Å². The lowest BCUT2D eigenvalue weighted by Gasteiger charge is -2.33. The van der Waals surface area contributed by atoms with Crippen molar-refractivity contribution in [3.63, 3.8) is 0 Å². The van der Waals surface area contributed by atoms with Crippen LogP contribution in [0.1, 0.15) is 60.8 Å². The molecule has 33 heavy (non-hydrogen) atoms. The van der Waals surface area contributed by atoms with Crippen LogP contribution in [0.2, 0.25) is 11.6 Å². The fourth-order valence-corrected chi connectivity index (χ4v) is 4.71. The topological polar surface area (TPSA) is 74.8 Å². The summed E-state index contributed by atoms with van der Waals surface area (Å²) in [6, 6.07) is 5.05. The highest BCUT2D eigenvalue weighted by Gasteiger charge is 2.63. The van der Waals surface area contributed by atoms with E-state index in [2.05, 4.69) is 79.6 Å². The minimum Gasteiger partial charge on any atom is -0.504 e. The van der Waals surface area contributed by atoms with E-state index in [-0.39, 0.29) is 33.8 Å². The normalized spacial score (nSPS) is 24.8. The lowest BCUT2D eigenvalue weighted by atomic mass is 9.49. The Hall–Kier alpha value is -2.20. The Morgan fingerprint density at radius 3 is 2.45 bits per heavy atom. The molecule has 3 N–H and O–H groups in total. The number of phenolic OH excluding ortho intramolecular Hbond substituents is 2. The highest BCUT2D eigenvalue weighted by Crippen LogP contribution is 2.54. The van der Waals surface area contributed by atoms with E-state index >= 15 is 0 Å². The van der Waals surface area contributed by atoms with Crippen molar-refractivity contribution in [2.45, 2.75) is 83.5 Å². The van der Waals surface area contributed by atoms with E-state index < -0.39 is 0 Å². The van der Waals surface area contributed by atoms with Crippen molar-refractivity contribution in [2.75, 3.05) is 0 Å². The maximum Gasteiger partial charge on any atom is 0.181 e. The van der Waals surface area contributed by atoms with Gasteiger partial charge < -0.3 is 15.5 Å². The molecule has 0 aromatic heterocycles. The molecule has 176 valence electrons. The fraction of sp³-hybridized carbons (Fsp3) is 0.519. The summed E-state index contributed by atoms with van der Waals surface area (Å²) in [4.78, 5) is 4.48. The van der Waals surface area contributed by atoms with Crippen LogP contribution < -0.4 is 10.8 Å². The molecule has 0 saturated carbocycles. The first-order valence-corrected chi connectivity index (χ1v) is 11.9. The minimum absolute atomic E-state index is 0.0290. The molecule has 1 saturated heterocycles. The van der Waals surface area contributed by atoms with Crippen molar-refractivity contribution in [1.82, 2.24) is 5.32 Å². The van der Waals surface area contributed by atoms with Crippen LogP contribution in [-0.2, 0) is 0 Å². The first-order chi connectivity index (χ1) is 15.4. The molecule has 2 radical (unpaired) electrons. The summed E-state index contributed by atoms with van der Waals surface area (Å²) in [6.07, 6.45) is 10.1. The third-order valence-electron chi connectivity index (χ3n) is 6.84. The summed E-state index contributed by atoms with van der Waals surface area (Å²) >= 11 is 0. The van der Waals surface area contributed by atoms with Crippen LogP contribution in [0.25, 0.3) is 0 Å². The third kappa shape index (κ3) is 7.14. The molecule has 0 spiro atoms. The highest BCUT2D eigenvalue weighted by atomic mass is 16.3. The SMILES string of the molecule is C=C/C=C\N=C([B]C(CC)CC1(C)NC1(C)C([B]c1ccc(O)c(O)c1)CC(C)(C)C)C=C. The van der Waals surface area contributed by atoms with E-state index in [4.69, 9.17) is 0 Å². The van der Waals surface area contributed by atoms with Gasteiger partial charge in [0.25, 0.3) is 0 Å². The number of allylic oxidation sites excluding steroid dienone is 3. The number of phenols is 2. The zero-order chi connectivity index (χ0) is 24.9. The quantitative estimate of drug-likeness (QED) is 0.133. The molecule has 1 aromatic rings. The van der Waals surface area contributed by atoms with Gasteiger partial charge in [-0.1, -0.05) is 83.2 Å². The molecule has 4 atom stereocenters. The summed E-state index contributed by atoms with van der Waals surface area (Å²) < 4.78 is 0. The molecular weight excluding hydrogens is 406 g/mol. The van der Waals surface area contributed by atoms with E-state index in [0.717, 1.165) is 30.3 Å². The maximum absolute atomic E-state index is 9.98. The number of nitrogens with zero attached hydrogens (tertiary/aromatic N) is 1. The van der Waals surface area contributed by atoms with Gasteiger partial charge in [0, 0.05) is 17.3 Å². The Bertz CT molecular complexity index is 906. The molecule has 1 heterocycles. The zero-order valence-corrected chi connectivity index (χ0v) is 21.2. The Balaban J connectivity index is 2.21. The predicted molar refractivity (Wildman–Crippen MR) is 144 cm³/mol. The molecule has 0 amide bonds. The molecule has 1 aliphatic heterocycles. The van der Waals surface area contributed by atoms with Crippen LogP contribution in [-0.4, -0.2) is 41.5 Å². The van der Waals surface area contributed by atoms with E-state index in [0.29, 0.717) is 5.82 Å². The van der Waals surface area contributed by atoms with Crippen LogP contribution in [0.3, 0.4) is 0 Å². The number of aliphatic imine (C=N–C) groups is 1. The molecule has 4 nitrogen and oxygen atoms in total. The number of benzene rings is 1. The van der Waals surface area contributed by atoms with Gasteiger partial charge in [-0.15, -0.1) is 0 Å². The number of hydrogen-bond donors (Lipinski definition) is 3. The molecule has 1 fully saturated rings. The maximum atomic E-state index is 9.98. The molecular formula is C27H40B2N2O2. The predicted octanol–water partition coefficient (Wildman–Crippen LogP) is 5.35. The number of hydrogen-bond acceptors (Lipinski definition) is 4. The monoisotopic (exact) mass is 446 g/mol. The molecule has 1 aliphatic rings. The van der Waals surface area contributed by atoms with E-state index in [1.807, 2.05) is 12.1 Å². The first-order valence-electron chi connectivity index (χ1n) is 11.9. The lowest BCUT2D eigenvalue weighted by Crippen LogP contribution is -2.37. The average molecular weight is 446 g/mol. The van der Waals surface area contributed by atoms with Crippen LogP contribution in [0.4, 0.5) is 0 Å². The summed E-state index contributed by atoms with van der Waals surface area (Å²) in [7, 11) is 4.45. The number of aromatic hydroxyl groups is 2. The standard InChI is InChI=1S/C27H40B2N2O2/c1-9-12-15-30-24(11-3)29-19(10-2)17-26(7)27(8,31-26)23(18-25(4,5)6)28-20-13-14-21(32)22(33)16-20/h9,11-16,19,23,31-33H,1,3,10,17-18H2,2,4-8H3/b15-12-,30-24?. The van der Waals surface area contributed by atoms with Crippen LogP contribution >= 0.6 is 0 Å². The van der Waals surface area contributed by atoms with E-state index in [1.165, 1.54) is 0 Å². The number of nitrogens with one attached hydrogen (secondary N) is 1. The summed E-state index contributed by atoms with van der Waals surface area (Å²) in [6.45, 7) is 21.2. The summed E-state index contributed by atoms with van der Waals surface area (Å²) in [5.74, 6) is 0.444. The first kappa shape index (κ1) is 27.0. The van der Waals surface area contributed by atoms with Crippen molar-refractivity contribution in [3.05, 3.63) is 55.8 Å². The van der Waals surface area contributed by atoms with E-state index in [1.54, 1.807) is 30.5 Å². The Morgan fingerprint density at radius 1 is 1.21 bits per heavy atom. The van der Waals surface area contributed by atoms with Gasteiger partial charge in [0.1, 0.15) is 0 Å². The Morgan fingerprint density at radius 2 is 1.91 bits per heavy atom. The van der Waals surface area contributed by atoms with Crippen molar-refractivity contribution in [2.24, 2.45) is 10.4 Å². The van der Waals surface area contributed by atoms with Crippen molar-refractivity contribution in [1.29, 1.82) is 0 Å². The molecule has 6 heteroatoms. The largest absolute Gasteiger partial charge is 0.504 e. The smallest absolute Gasteiger partial charge is 0.181 e. The molecule has 4 unspecified atom stereocenters. The summed E-state index contributed by atoms with van der Waals surface area (Å²) in [5, 5.41) is 23.5. The van der Waals surface area contributed by atoms with Gasteiger partial charge in [-0.3, -0.25) is 4.99 Å². The van der Waals surface area contributed by atoms with Crippen LogP contribution in [0, 0.1) is 5.41 Å². The molecule has 1 aromatic carbocycles. The highest BCUT2D eigenvalue weighted by molar-refractivity contribution is 6.79. The fourth-order valence-electron chi connectivity index (χ4n) is 4.71. The van der Waals surface area contributed by atoms with Crippen LogP contribution in [0.15, 0.2) is 60.8 Å². The van der Waals surface area contributed by atoms with Crippen molar-refractivity contribution >= 4 is 25.6 Å². The second-order valence-electron chi connectivity index (χ2n) is 10.8. The van der Waals surface area contributed by atoms with Gasteiger partial charge >= 0.3 is 0 Å². The molecule has 2 rings (SSSR count).